The second-order valence-corrected chi connectivity index (χ2v) is 5.27. The summed E-state index contributed by atoms with van der Waals surface area (Å²) < 4.78 is 5.65. The highest BCUT2D eigenvalue weighted by Crippen LogP contribution is 2.29. The number of carbonyl (C=O) groups is 1. The molecular formula is C15H23N3O2. The lowest BCUT2D eigenvalue weighted by atomic mass is 9.96. The molecule has 0 aromatic heterocycles. The van der Waals surface area contributed by atoms with Gasteiger partial charge in [-0.3, -0.25) is 4.79 Å². The van der Waals surface area contributed by atoms with E-state index in [4.69, 9.17) is 16.2 Å². The number of nitrogens with zero attached hydrogens (tertiary/aromatic N) is 1. The van der Waals surface area contributed by atoms with Gasteiger partial charge in [-0.05, 0) is 25.3 Å². The second-order valence-electron chi connectivity index (χ2n) is 5.27. The summed E-state index contributed by atoms with van der Waals surface area (Å²) in [5.41, 5.74) is 13.0. The van der Waals surface area contributed by atoms with Gasteiger partial charge in [-0.15, -0.1) is 0 Å². The fourth-order valence-corrected chi connectivity index (χ4v) is 2.51. The number of amides is 1. The molecule has 5 nitrogen and oxygen atoms in total. The summed E-state index contributed by atoms with van der Waals surface area (Å²) in [5.74, 6) is 0.617. The van der Waals surface area contributed by atoms with Gasteiger partial charge in [-0.25, -0.2) is 0 Å². The van der Waals surface area contributed by atoms with E-state index in [2.05, 4.69) is 11.8 Å². The third-order valence-electron chi connectivity index (χ3n) is 3.65. The number of rotatable bonds is 5. The van der Waals surface area contributed by atoms with E-state index in [0.717, 1.165) is 43.8 Å². The molecule has 1 fully saturated rings. The summed E-state index contributed by atoms with van der Waals surface area (Å²) in [7, 11) is 0. The van der Waals surface area contributed by atoms with Crippen LogP contribution in [0.2, 0.25) is 0 Å². The summed E-state index contributed by atoms with van der Waals surface area (Å²) in [4.78, 5) is 13.4. The number of carbonyl (C=O) groups excluding carboxylic acids is 1. The van der Waals surface area contributed by atoms with Crippen LogP contribution in [-0.4, -0.2) is 25.6 Å². The van der Waals surface area contributed by atoms with Crippen molar-refractivity contribution in [3.63, 3.8) is 0 Å². The van der Waals surface area contributed by atoms with Gasteiger partial charge in [0.2, 0.25) is 5.91 Å². The Labute approximate surface area is 119 Å². The van der Waals surface area contributed by atoms with Crippen molar-refractivity contribution in [2.45, 2.75) is 26.2 Å². The lowest BCUT2D eigenvalue weighted by Crippen LogP contribution is -2.38. The molecule has 1 aliphatic rings. The minimum absolute atomic E-state index is 0.00289. The average molecular weight is 277 g/mol. The monoisotopic (exact) mass is 277 g/mol. The molecule has 1 aromatic rings. The van der Waals surface area contributed by atoms with E-state index in [1.54, 1.807) is 0 Å². The molecule has 20 heavy (non-hydrogen) atoms. The van der Waals surface area contributed by atoms with E-state index in [0.29, 0.717) is 12.3 Å². The highest BCUT2D eigenvalue weighted by molar-refractivity contribution is 5.77. The third kappa shape index (κ3) is 3.56. The minimum atomic E-state index is -0.191. The van der Waals surface area contributed by atoms with Gasteiger partial charge in [0, 0.05) is 42.5 Å². The summed E-state index contributed by atoms with van der Waals surface area (Å²) in [6.45, 7) is 4.41. The zero-order chi connectivity index (χ0) is 14.5. The van der Waals surface area contributed by atoms with Gasteiger partial charge >= 0.3 is 0 Å². The Morgan fingerprint density at radius 1 is 1.35 bits per heavy atom. The highest BCUT2D eigenvalue weighted by atomic mass is 16.5. The number of hydrogen-bond donors (Lipinski definition) is 2. The predicted octanol–water partition coefficient (Wildman–Crippen LogP) is 1.76. The Kier molecular flexibility index (Phi) is 4.71. The van der Waals surface area contributed by atoms with Crippen molar-refractivity contribution in [3.05, 3.63) is 18.2 Å². The molecule has 1 saturated heterocycles. The maximum Gasteiger partial charge on any atom is 0.220 e. The zero-order valence-corrected chi connectivity index (χ0v) is 12.0. The van der Waals surface area contributed by atoms with Gasteiger partial charge in [0.05, 0.1) is 6.61 Å². The smallest absolute Gasteiger partial charge is 0.220 e. The fourth-order valence-electron chi connectivity index (χ4n) is 2.51. The molecule has 5 heteroatoms. The first-order chi connectivity index (χ1) is 9.60. The van der Waals surface area contributed by atoms with Crippen LogP contribution in [0.15, 0.2) is 18.2 Å². The minimum Gasteiger partial charge on any atom is -0.493 e. The second kappa shape index (κ2) is 6.50. The summed E-state index contributed by atoms with van der Waals surface area (Å²) in [6, 6.07) is 5.80. The van der Waals surface area contributed by atoms with Crippen LogP contribution in [0.4, 0.5) is 11.4 Å². The SMILES string of the molecule is CCCOc1cc(N)cc(N2CCC(C(N)=O)CC2)c1. The number of benzene rings is 1. The molecule has 1 aliphatic heterocycles. The lowest BCUT2D eigenvalue weighted by Gasteiger charge is -2.32. The van der Waals surface area contributed by atoms with Crippen LogP contribution in [0, 0.1) is 5.92 Å². The molecule has 1 amide bonds. The Balaban J connectivity index is 2.05. The number of primary amides is 1. The number of anilines is 2. The van der Waals surface area contributed by atoms with E-state index in [1.165, 1.54) is 0 Å². The Morgan fingerprint density at radius 2 is 2.05 bits per heavy atom. The van der Waals surface area contributed by atoms with Crippen LogP contribution in [0.1, 0.15) is 26.2 Å². The fraction of sp³-hybridized carbons (Fsp3) is 0.533. The van der Waals surface area contributed by atoms with Crippen molar-refractivity contribution in [2.75, 3.05) is 30.3 Å². The van der Waals surface area contributed by atoms with E-state index >= 15 is 0 Å². The zero-order valence-electron chi connectivity index (χ0n) is 12.0. The first-order valence-corrected chi connectivity index (χ1v) is 7.17. The van der Waals surface area contributed by atoms with Crippen molar-refractivity contribution >= 4 is 17.3 Å². The highest BCUT2D eigenvalue weighted by Gasteiger charge is 2.23. The Morgan fingerprint density at radius 3 is 2.65 bits per heavy atom. The molecule has 1 heterocycles. The number of nitrogen functional groups attached to an aromatic ring is 1. The van der Waals surface area contributed by atoms with Crippen molar-refractivity contribution in [1.29, 1.82) is 0 Å². The summed E-state index contributed by atoms with van der Waals surface area (Å²) in [6.07, 6.45) is 2.57. The molecule has 4 N–H and O–H groups in total. The lowest BCUT2D eigenvalue weighted by molar-refractivity contribution is -0.122. The predicted molar refractivity (Wildman–Crippen MR) is 80.8 cm³/mol. The van der Waals surface area contributed by atoms with Gasteiger partial charge in [0.15, 0.2) is 0 Å². The average Bonchev–Trinajstić information content (AvgIpc) is 2.44. The van der Waals surface area contributed by atoms with Crippen LogP contribution in [0.25, 0.3) is 0 Å². The van der Waals surface area contributed by atoms with E-state index in [9.17, 15) is 4.79 Å². The molecule has 0 radical (unpaired) electrons. The Hall–Kier alpha value is -1.91. The largest absolute Gasteiger partial charge is 0.493 e. The summed E-state index contributed by atoms with van der Waals surface area (Å²) in [5, 5.41) is 0. The molecule has 0 unspecified atom stereocenters. The van der Waals surface area contributed by atoms with Crippen molar-refractivity contribution < 1.29 is 9.53 Å². The van der Waals surface area contributed by atoms with Gasteiger partial charge in [0.25, 0.3) is 0 Å². The maximum absolute atomic E-state index is 11.2. The summed E-state index contributed by atoms with van der Waals surface area (Å²) >= 11 is 0. The normalized spacial score (nSPS) is 16.1. The van der Waals surface area contributed by atoms with E-state index in [-0.39, 0.29) is 11.8 Å². The van der Waals surface area contributed by atoms with Gasteiger partial charge in [-0.2, -0.15) is 0 Å². The molecule has 0 spiro atoms. The van der Waals surface area contributed by atoms with E-state index in [1.807, 2.05) is 18.2 Å². The quantitative estimate of drug-likeness (QED) is 0.803. The van der Waals surface area contributed by atoms with Gasteiger partial charge in [0.1, 0.15) is 5.75 Å². The van der Waals surface area contributed by atoms with Gasteiger partial charge < -0.3 is 21.1 Å². The van der Waals surface area contributed by atoms with Crippen molar-refractivity contribution in [3.8, 4) is 5.75 Å². The van der Waals surface area contributed by atoms with Crippen molar-refractivity contribution in [1.82, 2.24) is 0 Å². The molecule has 0 bridgehead atoms. The van der Waals surface area contributed by atoms with Crippen LogP contribution in [0.5, 0.6) is 5.75 Å². The van der Waals surface area contributed by atoms with Crippen LogP contribution >= 0.6 is 0 Å². The van der Waals surface area contributed by atoms with Gasteiger partial charge in [-0.1, -0.05) is 6.92 Å². The molecule has 0 atom stereocenters. The Bertz CT molecular complexity index is 468. The number of nitrogens with two attached hydrogens (primary N) is 2. The third-order valence-corrected chi connectivity index (χ3v) is 3.65. The molecular weight excluding hydrogens is 254 g/mol. The molecule has 2 rings (SSSR count). The van der Waals surface area contributed by atoms with Crippen molar-refractivity contribution in [2.24, 2.45) is 11.7 Å². The molecule has 110 valence electrons. The van der Waals surface area contributed by atoms with Crippen LogP contribution in [-0.2, 0) is 4.79 Å². The molecule has 0 aliphatic carbocycles. The van der Waals surface area contributed by atoms with E-state index < -0.39 is 0 Å². The standard InChI is InChI=1S/C15H23N3O2/c1-2-7-20-14-9-12(16)8-13(10-14)18-5-3-11(4-6-18)15(17)19/h8-11H,2-7,16H2,1H3,(H2,17,19). The molecule has 0 saturated carbocycles. The maximum atomic E-state index is 11.2. The topological polar surface area (TPSA) is 81.6 Å². The number of piperidine rings is 1. The number of hydrogen-bond acceptors (Lipinski definition) is 4. The van der Waals surface area contributed by atoms with Crippen LogP contribution < -0.4 is 21.1 Å². The molecule has 1 aromatic carbocycles. The first kappa shape index (κ1) is 14.5. The first-order valence-electron chi connectivity index (χ1n) is 7.17. The number of ether oxygens (including phenoxy) is 1. The van der Waals surface area contributed by atoms with Crippen LogP contribution in [0.3, 0.4) is 0 Å².